The van der Waals surface area contributed by atoms with Gasteiger partial charge in [0.1, 0.15) is 0 Å². The van der Waals surface area contributed by atoms with Crippen molar-refractivity contribution in [3.8, 4) is 0 Å². The van der Waals surface area contributed by atoms with Crippen LogP contribution in [0.15, 0.2) is 30.3 Å². The van der Waals surface area contributed by atoms with Crippen molar-refractivity contribution in [2.75, 3.05) is 26.2 Å². The van der Waals surface area contributed by atoms with E-state index in [0.717, 1.165) is 19.5 Å². The number of hydrogen-bond donors (Lipinski definition) is 2. The van der Waals surface area contributed by atoms with Gasteiger partial charge in [-0.1, -0.05) is 56.5 Å². The lowest BCUT2D eigenvalue weighted by atomic mass is 9.81. The fourth-order valence-electron chi connectivity index (χ4n) is 4.45. The summed E-state index contributed by atoms with van der Waals surface area (Å²) in [6.07, 6.45) is 7.41. The van der Waals surface area contributed by atoms with Gasteiger partial charge < -0.3 is 11.1 Å². The monoisotopic (exact) mass is 343 g/mol. The number of amides is 1. The number of nitrogens with one attached hydrogen (secondary N) is 1. The van der Waals surface area contributed by atoms with Crippen LogP contribution in [0.4, 0.5) is 0 Å². The number of nitrogens with zero attached hydrogens (tertiary/aromatic N) is 1. The van der Waals surface area contributed by atoms with E-state index in [4.69, 9.17) is 5.73 Å². The first-order chi connectivity index (χ1) is 12.1. The maximum Gasteiger partial charge on any atom is 0.234 e. The Morgan fingerprint density at radius 1 is 1.28 bits per heavy atom. The van der Waals surface area contributed by atoms with Crippen LogP contribution in [0.5, 0.6) is 0 Å². The van der Waals surface area contributed by atoms with Gasteiger partial charge in [0.15, 0.2) is 0 Å². The Morgan fingerprint density at radius 3 is 2.64 bits per heavy atom. The fourth-order valence-corrected chi connectivity index (χ4v) is 4.45. The highest BCUT2D eigenvalue weighted by molar-refractivity contribution is 5.78. The molecule has 0 spiro atoms. The van der Waals surface area contributed by atoms with Crippen LogP contribution >= 0.6 is 0 Å². The molecule has 1 saturated carbocycles. The third-order valence-corrected chi connectivity index (χ3v) is 6.09. The lowest BCUT2D eigenvalue weighted by molar-refractivity contribution is -0.123. The Kier molecular flexibility index (Phi) is 6.13. The summed E-state index contributed by atoms with van der Waals surface area (Å²) in [6, 6.07) is 10.6. The van der Waals surface area contributed by atoms with E-state index in [1.54, 1.807) is 0 Å². The molecule has 1 amide bonds. The molecule has 1 saturated heterocycles. The third-order valence-electron chi connectivity index (χ3n) is 6.09. The second-order valence-corrected chi connectivity index (χ2v) is 8.33. The van der Waals surface area contributed by atoms with Gasteiger partial charge in [0.05, 0.1) is 12.6 Å². The highest BCUT2D eigenvalue weighted by Crippen LogP contribution is 2.34. The summed E-state index contributed by atoms with van der Waals surface area (Å²) in [4.78, 5) is 15.0. The lowest BCUT2D eigenvalue weighted by Crippen LogP contribution is -2.41. The van der Waals surface area contributed by atoms with Gasteiger partial charge in [-0.15, -0.1) is 0 Å². The van der Waals surface area contributed by atoms with Crippen LogP contribution in [0.25, 0.3) is 0 Å². The van der Waals surface area contributed by atoms with Crippen molar-refractivity contribution >= 4 is 5.91 Å². The third kappa shape index (κ3) is 4.83. The normalized spacial score (nSPS) is 26.5. The quantitative estimate of drug-likeness (QED) is 0.834. The van der Waals surface area contributed by atoms with Gasteiger partial charge in [-0.05, 0) is 49.2 Å². The molecular formula is C21H33N3O. The largest absolute Gasteiger partial charge is 0.348 e. The molecule has 2 aliphatic rings. The molecule has 2 atom stereocenters. The molecule has 1 aliphatic heterocycles. The average molecular weight is 344 g/mol. The summed E-state index contributed by atoms with van der Waals surface area (Å²) >= 11 is 0. The molecule has 0 aromatic heterocycles. The van der Waals surface area contributed by atoms with Crippen molar-refractivity contribution in [2.24, 2.45) is 17.1 Å². The smallest absolute Gasteiger partial charge is 0.234 e. The number of likely N-dealkylation sites (tertiary alicyclic amines) is 1. The predicted molar refractivity (Wildman–Crippen MR) is 102 cm³/mol. The summed E-state index contributed by atoms with van der Waals surface area (Å²) in [5, 5.41) is 3.36. The van der Waals surface area contributed by atoms with Crippen molar-refractivity contribution in [3.63, 3.8) is 0 Å². The molecule has 2 unspecified atom stereocenters. The van der Waals surface area contributed by atoms with Gasteiger partial charge in [-0.2, -0.15) is 0 Å². The summed E-state index contributed by atoms with van der Waals surface area (Å²) in [5.41, 5.74) is 7.30. The lowest BCUT2D eigenvalue weighted by Gasteiger charge is -2.32. The zero-order chi connectivity index (χ0) is 17.7. The standard InChI is InChI=1S/C21H33N3O/c1-21(15-22)12-13-24(16-21)14-19(25)23-20(17-8-4-2-5-9-17)18-10-6-3-7-11-18/h2,4-5,8-9,18,20H,3,6-7,10-16,22H2,1H3,(H,23,25). The molecule has 1 aromatic rings. The van der Waals surface area contributed by atoms with E-state index >= 15 is 0 Å². The SMILES string of the molecule is CC1(CN)CCN(CC(=O)NC(c2ccccc2)C2CCCCC2)C1. The van der Waals surface area contributed by atoms with Gasteiger partial charge in [0, 0.05) is 6.54 Å². The van der Waals surface area contributed by atoms with Crippen LogP contribution in [0.1, 0.15) is 57.1 Å². The maximum atomic E-state index is 12.7. The van der Waals surface area contributed by atoms with Crippen molar-refractivity contribution in [1.82, 2.24) is 10.2 Å². The van der Waals surface area contributed by atoms with Gasteiger partial charge >= 0.3 is 0 Å². The van der Waals surface area contributed by atoms with Crippen LogP contribution in [0, 0.1) is 11.3 Å². The molecular weight excluding hydrogens is 310 g/mol. The second kappa shape index (κ2) is 8.33. The van der Waals surface area contributed by atoms with Gasteiger partial charge in [0.25, 0.3) is 0 Å². The Labute approximate surface area is 152 Å². The summed E-state index contributed by atoms with van der Waals surface area (Å²) in [7, 11) is 0. The summed E-state index contributed by atoms with van der Waals surface area (Å²) in [6.45, 7) is 5.31. The van der Waals surface area contributed by atoms with Crippen LogP contribution in [0.3, 0.4) is 0 Å². The molecule has 4 heteroatoms. The fraction of sp³-hybridized carbons (Fsp3) is 0.667. The molecule has 4 nitrogen and oxygen atoms in total. The average Bonchev–Trinajstić information content (AvgIpc) is 3.02. The van der Waals surface area contributed by atoms with Crippen molar-refractivity contribution in [2.45, 2.75) is 51.5 Å². The van der Waals surface area contributed by atoms with E-state index in [9.17, 15) is 4.79 Å². The topological polar surface area (TPSA) is 58.4 Å². The molecule has 25 heavy (non-hydrogen) atoms. The number of carbonyl (C=O) groups is 1. The minimum absolute atomic E-state index is 0.150. The highest BCUT2D eigenvalue weighted by Gasteiger charge is 2.34. The minimum atomic E-state index is 0.150. The van der Waals surface area contributed by atoms with Crippen molar-refractivity contribution in [3.05, 3.63) is 35.9 Å². The first-order valence-electron chi connectivity index (χ1n) is 9.86. The molecule has 2 fully saturated rings. The molecule has 0 bridgehead atoms. The first-order valence-corrected chi connectivity index (χ1v) is 9.86. The molecule has 1 aromatic carbocycles. The minimum Gasteiger partial charge on any atom is -0.348 e. The molecule has 3 N–H and O–H groups in total. The highest BCUT2D eigenvalue weighted by atomic mass is 16.2. The van der Waals surface area contributed by atoms with E-state index in [1.807, 2.05) is 6.07 Å². The number of rotatable bonds is 6. The van der Waals surface area contributed by atoms with E-state index in [1.165, 1.54) is 37.7 Å². The van der Waals surface area contributed by atoms with E-state index in [0.29, 0.717) is 19.0 Å². The van der Waals surface area contributed by atoms with Crippen molar-refractivity contribution in [1.29, 1.82) is 0 Å². The Morgan fingerprint density at radius 2 is 2.00 bits per heavy atom. The molecule has 0 radical (unpaired) electrons. The Hall–Kier alpha value is -1.39. The molecule has 1 aliphatic carbocycles. The van der Waals surface area contributed by atoms with E-state index in [-0.39, 0.29) is 17.4 Å². The van der Waals surface area contributed by atoms with Crippen molar-refractivity contribution < 1.29 is 4.79 Å². The number of carbonyl (C=O) groups excluding carboxylic acids is 1. The van der Waals surface area contributed by atoms with Crippen LogP contribution in [-0.4, -0.2) is 37.0 Å². The van der Waals surface area contributed by atoms with Gasteiger partial charge in [-0.3, -0.25) is 9.69 Å². The van der Waals surface area contributed by atoms with Gasteiger partial charge in [-0.25, -0.2) is 0 Å². The van der Waals surface area contributed by atoms with Crippen LogP contribution in [-0.2, 0) is 4.79 Å². The molecule has 1 heterocycles. The Bertz CT molecular complexity index is 556. The first kappa shape index (κ1) is 18.4. The summed E-state index contributed by atoms with van der Waals surface area (Å²) in [5.74, 6) is 0.716. The van der Waals surface area contributed by atoms with Gasteiger partial charge in [0.2, 0.25) is 5.91 Å². The second-order valence-electron chi connectivity index (χ2n) is 8.33. The van der Waals surface area contributed by atoms with Crippen LogP contribution < -0.4 is 11.1 Å². The number of hydrogen-bond acceptors (Lipinski definition) is 3. The van der Waals surface area contributed by atoms with E-state index in [2.05, 4.69) is 41.4 Å². The van der Waals surface area contributed by atoms with E-state index < -0.39 is 0 Å². The molecule has 138 valence electrons. The zero-order valence-electron chi connectivity index (χ0n) is 15.5. The predicted octanol–water partition coefficient (Wildman–Crippen LogP) is 3.09. The molecule has 3 rings (SSSR count). The zero-order valence-corrected chi connectivity index (χ0v) is 15.5. The Balaban J connectivity index is 1.62. The van der Waals surface area contributed by atoms with Crippen LogP contribution in [0.2, 0.25) is 0 Å². The number of nitrogens with two attached hydrogens (primary N) is 1. The maximum absolute atomic E-state index is 12.7. The summed E-state index contributed by atoms with van der Waals surface area (Å²) < 4.78 is 0. The number of benzene rings is 1.